The number of hydrogen-bond donors (Lipinski definition) is 2. The Labute approximate surface area is 213 Å². The van der Waals surface area contributed by atoms with Gasteiger partial charge in [0, 0.05) is 11.3 Å². The van der Waals surface area contributed by atoms with E-state index in [2.05, 4.69) is 27.0 Å². The van der Waals surface area contributed by atoms with Gasteiger partial charge in [-0.2, -0.15) is 0 Å². The highest BCUT2D eigenvalue weighted by Gasteiger charge is 2.38. The summed E-state index contributed by atoms with van der Waals surface area (Å²) in [7, 11) is 1.35. The lowest BCUT2D eigenvalue weighted by Gasteiger charge is -2.33. The molecule has 9 heteroatoms. The van der Waals surface area contributed by atoms with Gasteiger partial charge in [0.25, 0.3) is 0 Å². The Hall–Kier alpha value is -4.11. The van der Waals surface area contributed by atoms with E-state index < -0.39 is 17.3 Å². The van der Waals surface area contributed by atoms with Gasteiger partial charge in [-0.25, -0.2) is 9.47 Å². The number of aromatic nitrogens is 3. The van der Waals surface area contributed by atoms with Crippen molar-refractivity contribution in [3.05, 3.63) is 95.1 Å². The molecule has 0 saturated heterocycles. The molecule has 1 aliphatic rings. The maximum Gasteiger partial charge on any atom is 0.337 e. The number of esters is 1. The molecule has 36 heavy (non-hydrogen) atoms. The second-order valence-corrected chi connectivity index (χ2v) is 9.74. The van der Waals surface area contributed by atoms with Gasteiger partial charge < -0.3 is 15.5 Å². The molecule has 5 rings (SSSR count). The molecular formula is C27H25N5O3S. The van der Waals surface area contributed by atoms with Crippen molar-refractivity contribution in [3.8, 4) is 11.4 Å². The summed E-state index contributed by atoms with van der Waals surface area (Å²) in [6.45, 7) is 4.00. The Morgan fingerprint density at radius 1 is 0.972 bits per heavy atom. The number of carbonyl (C=O) groups excluding carboxylic acids is 2. The molecule has 1 amide bonds. The van der Waals surface area contributed by atoms with Crippen molar-refractivity contribution in [2.75, 3.05) is 17.9 Å². The van der Waals surface area contributed by atoms with Gasteiger partial charge in [0.2, 0.25) is 11.1 Å². The van der Waals surface area contributed by atoms with Crippen molar-refractivity contribution in [2.45, 2.75) is 30.3 Å². The maximum absolute atomic E-state index is 13.6. The highest BCUT2D eigenvalue weighted by molar-refractivity contribution is 8.00. The molecule has 0 fully saturated rings. The highest BCUT2D eigenvalue weighted by atomic mass is 32.2. The normalized spacial score (nSPS) is 16.5. The lowest BCUT2D eigenvalue weighted by Crippen LogP contribution is -2.41. The summed E-state index contributed by atoms with van der Waals surface area (Å²) in [6.07, 6.45) is 0. The van der Waals surface area contributed by atoms with Crippen molar-refractivity contribution in [1.82, 2.24) is 14.9 Å². The number of rotatable bonds is 5. The number of thioether (sulfide) groups is 1. The topological polar surface area (TPSA) is 98.1 Å². The average Bonchev–Trinajstić information content (AvgIpc) is 3.30. The van der Waals surface area contributed by atoms with Crippen LogP contribution in [0.5, 0.6) is 0 Å². The predicted molar refractivity (Wildman–Crippen MR) is 140 cm³/mol. The molecular weight excluding hydrogens is 474 g/mol. The van der Waals surface area contributed by atoms with E-state index in [1.165, 1.54) is 18.9 Å². The number of nitrogens with zero attached hydrogens (tertiary/aromatic N) is 3. The van der Waals surface area contributed by atoms with Gasteiger partial charge in [0.05, 0.1) is 18.7 Å². The number of methoxy groups -OCH3 is 1. The van der Waals surface area contributed by atoms with Crippen molar-refractivity contribution >= 4 is 29.3 Å². The SMILES string of the molecule is COC(=O)c1ccc([C@H]2Nn3c(nnc3-c3ccccc3)S[C@@H]2C(=O)Nc2cc(C)cc(C)c2)cc1. The Bertz CT molecular complexity index is 1400. The third kappa shape index (κ3) is 4.70. The summed E-state index contributed by atoms with van der Waals surface area (Å²) < 4.78 is 6.64. The fraction of sp³-hybridized carbons (Fsp3) is 0.185. The molecule has 0 spiro atoms. The van der Waals surface area contributed by atoms with Crippen molar-refractivity contribution in [2.24, 2.45) is 0 Å². The summed E-state index contributed by atoms with van der Waals surface area (Å²) in [5.41, 5.74) is 8.53. The van der Waals surface area contributed by atoms with Crippen LogP contribution in [0.3, 0.4) is 0 Å². The highest BCUT2D eigenvalue weighted by Crippen LogP contribution is 2.39. The van der Waals surface area contributed by atoms with Gasteiger partial charge in [-0.05, 0) is 54.8 Å². The zero-order valence-electron chi connectivity index (χ0n) is 20.1. The quantitative estimate of drug-likeness (QED) is 0.383. The van der Waals surface area contributed by atoms with Crippen LogP contribution < -0.4 is 10.7 Å². The third-order valence-corrected chi connectivity index (χ3v) is 7.12. The van der Waals surface area contributed by atoms with Crippen LogP contribution in [0.15, 0.2) is 78.0 Å². The number of amides is 1. The van der Waals surface area contributed by atoms with E-state index in [0.29, 0.717) is 16.5 Å². The van der Waals surface area contributed by atoms with Gasteiger partial charge in [-0.15, -0.1) is 10.2 Å². The predicted octanol–water partition coefficient (Wildman–Crippen LogP) is 4.75. The van der Waals surface area contributed by atoms with Crippen LogP contribution in [-0.2, 0) is 9.53 Å². The number of aryl methyl sites for hydroxylation is 2. The molecule has 0 aliphatic carbocycles. The molecule has 1 aliphatic heterocycles. The van der Waals surface area contributed by atoms with Crippen molar-refractivity contribution in [3.63, 3.8) is 0 Å². The van der Waals surface area contributed by atoms with E-state index >= 15 is 0 Å². The van der Waals surface area contributed by atoms with E-state index in [-0.39, 0.29) is 5.91 Å². The number of fused-ring (bicyclic) bond motifs is 1. The van der Waals surface area contributed by atoms with Crippen LogP contribution in [0, 0.1) is 13.8 Å². The number of nitrogens with one attached hydrogen (secondary N) is 2. The van der Waals surface area contributed by atoms with Crippen LogP contribution in [0.1, 0.15) is 33.1 Å². The molecule has 3 aromatic carbocycles. The van der Waals surface area contributed by atoms with E-state index in [4.69, 9.17) is 4.74 Å². The smallest absolute Gasteiger partial charge is 0.337 e. The summed E-state index contributed by atoms with van der Waals surface area (Å²) in [5, 5.41) is 11.8. The van der Waals surface area contributed by atoms with Crippen LogP contribution in [-0.4, -0.2) is 39.1 Å². The van der Waals surface area contributed by atoms with Gasteiger partial charge >= 0.3 is 5.97 Å². The molecule has 2 atom stereocenters. The molecule has 0 unspecified atom stereocenters. The average molecular weight is 500 g/mol. The minimum Gasteiger partial charge on any atom is -0.465 e. The maximum atomic E-state index is 13.6. The number of benzene rings is 3. The van der Waals surface area contributed by atoms with E-state index in [0.717, 1.165) is 27.9 Å². The summed E-state index contributed by atoms with van der Waals surface area (Å²) in [5.74, 6) is 0.0848. The lowest BCUT2D eigenvalue weighted by molar-refractivity contribution is -0.116. The first-order valence-electron chi connectivity index (χ1n) is 11.4. The number of hydrogen-bond acceptors (Lipinski definition) is 7. The van der Waals surface area contributed by atoms with Gasteiger partial charge in [-0.1, -0.05) is 60.3 Å². The Kier molecular flexibility index (Phi) is 6.47. The van der Waals surface area contributed by atoms with Crippen LogP contribution in [0.2, 0.25) is 0 Å². The largest absolute Gasteiger partial charge is 0.465 e. The molecule has 0 saturated carbocycles. The molecule has 8 nitrogen and oxygen atoms in total. The molecule has 0 radical (unpaired) electrons. The fourth-order valence-electron chi connectivity index (χ4n) is 4.28. The minimum atomic E-state index is -0.546. The number of ether oxygens (including phenoxy) is 1. The molecule has 182 valence electrons. The van der Waals surface area contributed by atoms with Gasteiger partial charge in [0.1, 0.15) is 5.25 Å². The lowest BCUT2D eigenvalue weighted by atomic mass is 10.0. The molecule has 0 bridgehead atoms. The first-order chi connectivity index (χ1) is 17.4. The second kappa shape index (κ2) is 9.87. The monoisotopic (exact) mass is 499 g/mol. The molecule has 2 heterocycles. The Morgan fingerprint density at radius 3 is 2.33 bits per heavy atom. The van der Waals surface area contributed by atoms with Crippen molar-refractivity contribution in [1.29, 1.82) is 0 Å². The number of anilines is 1. The molecule has 2 N–H and O–H groups in total. The Morgan fingerprint density at radius 2 is 1.67 bits per heavy atom. The van der Waals surface area contributed by atoms with E-state index in [1.54, 1.807) is 12.1 Å². The van der Waals surface area contributed by atoms with Crippen molar-refractivity contribution < 1.29 is 14.3 Å². The minimum absolute atomic E-state index is 0.157. The zero-order valence-corrected chi connectivity index (χ0v) is 20.9. The van der Waals surface area contributed by atoms with E-state index in [9.17, 15) is 9.59 Å². The standard InChI is InChI=1S/C27H25N5O3S/c1-16-13-17(2)15-21(14-16)28-25(33)23-22(18-9-11-20(12-10-18)26(34)35-3)31-32-24(29-30-27(32)36-23)19-7-5-4-6-8-19/h4-15,22-23,31H,1-3H3,(H,28,33)/t22-,23+/m1/s1. The fourth-order valence-corrected chi connectivity index (χ4v) is 5.36. The van der Waals surface area contributed by atoms with Crippen LogP contribution in [0.25, 0.3) is 11.4 Å². The summed E-state index contributed by atoms with van der Waals surface area (Å²) >= 11 is 1.35. The first kappa shape index (κ1) is 23.6. The van der Waals surface area contributed by atoms with Gasteiger partial charge in [0.15, 0.2) is 5.82 Å². The second-order valence-electron chi connectivity index (χ2n) is 8.63. The van der Waals surface area contributed by atoms with Crippen LogP contribution in [0.4, 0.5) is 5.69 Å². The number of carbonyl (C=O) groups is 2. The van der Waals surface area contributed by atoms with Gasteiger partial charge in [-0.3, -0.25) is 4.79 Å². The summed E-state index contributed by atoms with van der Waals surface area (Å²) in [4.78, 5) is 25.5. The zero-order chi connectivity index (χ0) is 25.2. The first-order valence-corrected chi connectivity index (χ1v) is 12.3. The molecule has 4 aromatic rings. The Balaban J connectivity index is 1.51. The van der Waals surface area contributed by atoms with E-state index in [1.807, 2.05) is 73.1 Å². The third-order valence-electron chi connectivity index (χ3n) is 5.91. The summed E-state index contributed by atoms with van der Waals surface area (Å²) in [6, 6.07) is 22.3. The molecule has 1 aromatic heterocycles. The van der Waals surface area contributed by atoms with Crippen LogP contribution >= 0.6 is 11.8 Å².